The molecular weight excluding hydrogens is 266 g/mol. The average molecular weight is 279 g/mol. The summed E-state index contributed by atoms with van der Waals surface area (Å²) in [5.41, 5.74) is 0. The van der Waals surface area contributed by atoms with E-state index < -0.39 is 0 Å². The van der Waals surface area contributed by atoms with Crippen LogP contribution in [-0.2, 0) is 4.79 Å². The minimum atomic E-state index is -0.00594. The Labute approximate surface area is 114 Å². The van der Waals surface area contributed by atoms with E-state index in [1.807, 2.05) is 18.2 Å². The first kappa shape index (κ1) is 13.2. The van der Waals surface area contributed by atoms with Crippen molar-refractivity contribution in [2.45, 2.75) is 11.3 Å². The van der Waals surface area contributed by atoms with Gasteiger partial charge >= 0.3 is 0 Å². The van der Waals surface area contributed by atoms with Gasteiger partial charge in [0, 0.05) is 16.9 Å². The molecule has 1 heterocycles. The van der Waals surface area contributed by atoms with Gasteiger partial charge in [-0.05, 0) is 18.6 Å². The molecule has 1 aliphatic rings. The van der Waals surface area contributed by atoms with E-state index in [-0.39, 0.29) is 5.91 Å². The molecule has 1 amide bonds. The third-order valence-corrected chi connectivity index (χ3v) is 3.98. The number of carbonyl (C=O) groups excluding carboxylic acids is 1. The molecule has 94 valence electrons. The Kier molecular flexibility index (Phi) is 5.29. The van der Waals surface area contributed by atoms with E-state index in [4.69, 9.17) is 0 Å². The molecule has 1 aromatic carbocycles. The highest BCUT2D eigenvalue weighted by atomic mass is 32.2. The molecule has 1 aromatic rings. The second-order valence-electron chi connectivity index (χ2n) is 3.49. The van der Waals surface area contributed by atoms with Gasteiger partial charge in [0.25, 0.3) is 0 Å². The molecule has 0 atom stereocenters. The SMILES string of the molecule is O=C1CS/C(=N\N=C/CCSc2ccccc2)N1. The van der Waals surface area contributed by atoms with Gasteiger partial charge in [0.1, 0.15) is 0 Å². The Morgan fingerprint density at radius 2 is 2.22 bits per heavy atom. The molecule has 2 rings (SSSR count). The molecule has 6 heteroatoms. The van der Waals surface area contributed by atoms with Gasteiger partial charge in [-0.1, -0.05) is 30.0 Å². The fraction of sp³-hybridized carbons (Fsp3) is 0.250. The van der Waals surface area contributed by atoms with Crippen LogP contribution in [0.5, 0.6) is 0 Å². The molecule has 0 aromatic heterocycles. The van der Waals surface area contributed by atoms with Crippen LogP contribution in [-0.4, -0.2) is 28.8 Å². The number of amidine groups is 1. The van der Waals surface area contributed by atoms with Gasteiger partial charge < -0.3 is 5.32 Å². The van der Waals surface area contributed by atoms with Crippen molar-refractivity contribution in [1.29, 1.82) is 0 Å². The van der Waals surface area contributed by atoms with Crippen molar-refractivity contribution in [3.05, 3.63) is 30.3 Å². The topological polar surface area (TPSA) is 53.8 Å². The summed E-state index contributed by atoms with van der Waals surface area (Å²) >= 11 is 3.17. The Balaban J connectivity index is 1.65. The molecule has 0 radical (unpaired) electrons. The molecule has 18 heavy (non-hydrogen) atoms. The molecule has 0 aliphatic carbocycles. The summed E-state index contributed by atoms with van der Waals surface area (Å²) in [6, 6.07) is 10.2. The van der Waals surface area contributed by atoms with Crippen molar-refractivity contribution < 1.29 is 4.79 Å². The number of carbonyl (C=O) groups is 1. The highest BCUT2D eigenvalue weighted by molar-refractivity contribution is 8.15. The maximum Gasteiger partial charge on any atom is 0.236 e. The Bertz CT molecular complexity index is 460. The summed E-state index contributed by atoms with van der Waals surface area (Å²) in [6.45, 7) is 0. The number of hydrogen-bond acceptors (Lipinski definition) is 5. The Morgan fingerprint density at radius 3 is 2.94 bits per heavy atom. The third-order valence-electron chi connectivity index (χ3n) is 2.08. The monoisotopic (exact) mass is 279 g/mol. The number of amides is 1. The highest BCUT2D eigenvalue weighted by Crippen LogP contribution is 2.17. The van der Waals surface area contributed by atoms with E-state index in [2.05, 4.69) is 27.7 Å². The lowest BCUT2D eigenvalue weighted by atomic mass is 10.4. The first-order valence-electron chi connectivity index (χ1n) is 5.54. The zero-order valence-corrected chi connectivity index (χ0v) is 11.3. The van der Waals surface area contributed by atoms with Gasteiger partial charge in [-0.3, -0.25) is 4.79 Å². The van der Waals surface area contributed by atoms with Crippen LogP contribution >= 0.6 is 23.5 Å². The summed E-state index contributed by atoms with van der Waals surface area (Å²) in [5, 5.41) is 11.1. The first-order valence-corrected chi connectivity index (χ1v) is 7.52. The molecule has 0 spiro atoms. The summed E-state index contributed by atoms with van der Waals surface area (Å²) in [6.07, 6.45) is 2.63. The maximum atomic E-state index is 10.9. The lowest BCUT2D eigenvalue weighted by Crippen LogP contribution is -2.19. The smallest absolute Gasteiger partial charge is 0.236 e. The lowest BCUT2D eigenvalue weighted by Gasteiger charge is -1.97. The summed E-state index contributed by atoms with van der Waals surface area (Å²) < 4.78 is 0. The fourth-order valence-corrected chi connectivity index (χ4v) is 2.72. The first-order chi connectivity index (χ1) is 8.84. The van der Waals surface area contributed by atoms with Crippen LogP contribution in [0.25, 0.3) is 0 Å². The van der Waals surface area contributed by atoms with Crippen LogP contribution in [0.4, 0.5) is 0 Å². The van der Waals surface area contributed by atoms with Gasteiger partial charge in [0.2, 0.25) is 5.91 Å². The Hall–Kier alpha value is -1.27. The van der Waals surface area contributed by atoms with E-state index in [0.29, 0.717) is 10.9 Å². The maximum absolute atomic E-state index is 10.9. The van der Waals surface area contributed by atoms with Crippen molar-refractivity contribution in [3.63, 3.8) is 0 Å². The minimum absolute atomic E-state index is 0.00594. The highest BCUT2D eigenvalue weighted by Gasteiger charge is 2.15. The number of thioether (sulfide) groups is 2. The lowest BCUT2D eigenvalue weighted by molar-refractivity contribution is -0.116. The molecule has 0 saturated carbocycles. The van der Waals surface area contributed by atoms with Gasteiger partial charge in [-0.25, -0.2) is 0 Å². The molecular formula is C12H13N3OS2. The standard InChI is InChI=1S/C12H13N3OS2/c16-11-9-18-12(14-11)15-13-7-4-8-17-10-5-2-1-3-6-10/h1-3,5-7H,4,8-9H2,(H,14,15,16)/b13-7-. The van der Waals surface area contributed by atoms with Crippen LogP contribution in [0.3, 0.4) is 0 Å². The number of nitrogens with zero attached hydrogens (tertiary/aromatic N) is 2. The van der Waals surface area contributed by atoms with E-state index in [0.717, 1.165) is 12.2 Å². The second-order valence-corrected chi connectivity index (χ2v) is 5.62. The minimum Gasteiger partial charge on any atom is -0.303 e. The van der Waals surface area contributed by atoms with Crippen molar-refractivity contribution in [2.75, 3.05) is 11.5 Å². The van der Waals surface area contributed by atoms with Gasteiger partial charge in [-0.2, -0.15) is 5.10 Å². The normalized spacial score (nSPS) is 17.6. The number of benzene rings is 1. The van der Waals surface area contributed by atoms with Crippen molar-refractivity contribution in [2.24, 2.45) is 10.2 Å². The van der Waals surface area contributed by atoms with Gasteiger partial charge in [-0.15, -0.1) is 16.9 Å². The van der Waals surface area contributed by atoms with Crippen molar-refractivity contribution in [1.82, 2.24) is 5.32 Å². The van der Waals surface area contributed by atoms with E-state index in [9.17, 15) is 4.79 Å². The third kappa shape index (κ3) is 4.54. The molecule has 1 aliphatic heterocycles. The summed E-state index contributed by atoms with van der Waals surface area (Å²) in [4.78, 5) is 12.1. The molecule has 1 fully saturated rings. The molecule has 1 saturated heterocycles. The number of hydrogen-bond donors (Lipinski definition) is 1. The van der Waals surface area contributed by atoms with Crippen LogP contribution in [0, 0.1) is 0 Å². The van der Waals surface area contributed by atoms with Gasteiger partial charge in [0.15, 0.2) is 5.17 Å². The van der Waals surface area contributed by atoms with E-state index in [1.165, 1.54) is 16.7 Å². The largest absolute Gasteiger partial charge is 0.303 e. The van der Waals surface area contributed by atoms with Crippen molar-refractivity contribution in [3.8, 4) is 0 Å². The number of rotatable bonds is 5. The second kappa shape index (κ2) is 7.23. The average Bonchev–Trinajstić information content (AvgIpc) is 2.81. The number of nitrogens with one attached hydrogen (secondary N) is 1. The fourth-order valence-electron chi connectivity index (χ4n) is 1.28. The Morgan fingerprint density at radius 1 is 1.39 bits per heavy atom. The van der Waals surface area contributed by atoms with Crippen LogP contribution in [0.2, 0.25) is 0 Å². The van der Waals surface area contributed by atoms with Crippen LogP contribution in [0.1, 0.15) is 6.42 Å². The quantitative estimate of drug-likeness (QED) is 0.390. The van der Waals surface area contributed by atoms with E-state index in [1.54, 1.807) is 18.0 Å². The van der Waals surface area contributed by atoms with Crippen LogP contribution in [0.15, 0.2) is 45.4 Å². The summed E-state index contributed by atoms with van der Waals surface area (Å²) in [7, 11) is 0. The van der Waals surface area contributed by atoms with Crippen LogP contribution < -0.4 is 5.32 Å². The zero-order valence-electron chi connectivity index (χ0n) is 9.70. The molecule has 4 nitrogen and oxygen atoms in total. The molecule has 0 bridgehead atoms. The molecule has 1 N–H and O–H groups in total. The zero-order chi connectivity index (χ0) is 12.6. The van der Waals surface area contributed by atoms with E-state index >= 15 is 0 Å². The molecule has 0 unspecified atom stereocenters. The predicted molar refractivity (Wildman–Crippen MR) is 78.3 cm³/mol. The van der Waals surface area contributed by atoms with Gasteiger partial charge in [0.05, 0.1) is 5.75 Å². The predicted octanol–water partition coefficient (Wildman–Crippen LogP) is 2.37. The van der Waals surface area contributed by atoms with Crippen molar-refractivity contribution >= 4 is 40.8 Å². The summed E-state index contributed by atoms with van der Waals surface area (Å²) in [5.74, 6) is 1.41.